The Morgan fingerprint density at radius 3 is 2.29 bits per heavy atom. The summed E-state index contributed by atoms with van der Waals surface area (Å²) in [5.74, 6) is 0.774. The van der Waals surface area contributed by atoms with Crippen molar-refractivity contribution in [3.63, 3.8) is 0 Å². The molecule has 3 heterocycles. The van der Waals surface area contributed by atoms with Gasteiger partial charge in [0.15, 0.2) is 5.82 Å². The van der Waals surface area contributed by atoms with Crippen LogP contribution < -0.4 is 9.64 Å². The van der Waals surface area contributed by atoms with Crippen molar-refractivity contribution in [2.75, 3.05) is 57.4 Å². The van der Waals surface area contributed by atoms with Gasteiger partial charge in [0.05, 0.1) is 38.6 Å². The topological polar surface area (TPSA) is 52.0 Å². The molecule has 10 heteroatoms. The molecular weight excluding hydrogens is 461 g/mol. The third kappa shape index (κ3) is 7.35. The molecular formula is C25H37F3N4O3. The summed E-state index contributed by atoms with van der Waals surface area (Å²) in [5.41, 5.74) is 1.45. The van der Waals surface area contributed by atoms with Crippen LogP contribution in [0.1, 0.15) is 46.2 Å². The van der Waals surface area contributed by atoms with Crippen LogP contribution in [0.2, 0.25) is 0 Å². The number of rotatable bonds is 8. The van der Waals surface area contributed by atoms with E-state index in [1.165, 1.54) is 12.1 Å². The van der Waals surface area contributed by atoms with Crippen LogP contribution in [-0.2, 0) is 9.47 Å². The molecule has 4 rings (SSSR count). The number of halogens is 3. The van der Waals surface area contributed by atoms with Gasteiger partial charge in [-0.3, -0.25) is 4.90 Å². The van der Waals surface area contributed by atoms with Crippen LogP contribution >= 0.6 is 0 Å². The number of alkyl halides is 3. The van der Waals surface area contributed by atoms with E-state index in [4.69, 9.17) is 14.6 Å². The molecule has 0 saturated carbocycles. The van der Waals surface area contributed by atoms with E-state index >= 15 is 0 Å². The van der Waals surface area contributed by atoms with E-state index in [1.54, 1.807) is 16.8 Å². The molecule has 0 atom stereocenters. The zero-order valence-corrected chi connectivity index (χ0v) is 21.3. The van der Waals surface area contributed by atoms with Crippen molar-refractivity contribution in [2.45, 2.75) is 52.5 Å². The first-order valence-corrected chi connectivity index (χ1v) is 12.3. The minimum Gasteiger partial charge on any atom is -0.406 e. The molecule has 0 bridgehead atoms. The van der Waals surface area contributed by atoms with Gasteiger partial charge >= 0.3 is 6.36 Å². The molecule has 7 nitrogen and oxygen atoms in total. The molecule has 2 aliphatic heterocycles. The minimum absolute atomic E-state index is 0.190. The van der Waals surface area contributed by atoms with Gasteiger partial charge in [-0.05, 0) is 37.1 Å². The molecule has 2 aliphatic rings. The summed E-state index contributed by atoms with van der Waals surface area (Å²) in [6.07, 6.45) is -4.71. The second-order valence-corrected chi connectivity index (χ2v) is 9.14. The zero-order chi connectivity index (χ0) is 25.6. The smallest absolute Gasteiger partial charge is 0.406 e. The number of ether oxygens (including phenoxy) is 3. The lowest BCUT2D eigenvalue weighted by Gasteiger charge is -2.48. The van der Waals surface area contributed by atoms with Crippen LogP contribution in [0.3, 0.4) is 0 Å². The Kier molecular flexibility index (Phi) is 9.06. The maximum absolute atomic E-state index is 12.4. The van der Waals surface area contributed by atoms with Gasteiger partial charge in [-0.1, -0.05) is 27.7 Å². The quantitative estimate of drug-likeness (QED) is 0.519. The lowest BCUT2D eigenvalue weighted by molar-refractivity contribution is -0.274. The van der Waals surface area contributed by atoms with Crippen molar-refractivity contribution in [1.82, 2.24) is 14.7 Å². The van der Waals surface area contributed by atoms with Gasteiger partial charge in [0.1, 0.15) is 11.4 Å². The first-order valence-electron chi connectivity index (χ1n) is 12.3. The lowest BCUT2D eigenvalue weighted by Crippen LogP contribution is -2.62. The summed E-state index contributed by atoms with van der Waals surface area (Å²) in [7, 11) is 0. The number of morpholine rings is 1. The highest BCUT2D eigenvalue weighted by atomic mass is 19.4. The van der Waals surface area contributed by atoms with Crippen LogP contribution in [0.4, 0.5) is 19.0 Å². The monoisotopic (exact) mass is 498 g/mol. The van der Waals surface area contributed by atoms with Gasteiger partial charge in [-0.25, -0.2) is 4.68 Å². The highest BCUT2D eigenvalue weighted by Gasteiger charge is 2.41. The first kappa shape index (κ1) is 27.3. The zero-order valence-electron chi connectivity index (χ0n) is 21.3. The third-order valence-electron chi connectivity index (χ3n) is 5.97. The SMILES string of the molecule is CC.CC(C)c1cc(N2CC(C)(OCCN3CCOCC3)C2)nn1-c1ccc(OC(F)(F)F)cc1. The number of hydrogen-bond acceptors (Lipinski definition) is 6. The summed E-state index contributed by atoms with van der Waals surface area (Å²) >= 11 is 0. The molecule has 2 fully saturated rings. The fourth-order valence-electron chi connectivity index (χ4n) is 4.20. The fraction of sp³-hybridized carbons (Fsp3) is 0.640. The average Bonchev–Trinajstić information content (AvgIpc) is 3.24. The molecule has 2 aromatic rings. The largest absolute Gasteiger partial charge is 0.573 e. The van der Waals surface area contributed by atoms with E-state index in [1.807, 2.05) is 19.9 Å². The molecule has 0 N–H and O–H groups in total. The maximum Gasteiger partial charge on any atom is 0.573 e. The van der Waals surface area contributed by atoms with E-state index < -0.39 is 6.36 Å². The summed E-state index contributed by atoms with van der Waals surface area (Å²) in [5, 5.41) is 4.75. The van der Waals surface area contributed by atoms with E-state index in [9.17, 15) is 13.2 Å². The van der Waals surface area contributed by atoms with E-state index in [0.29, 0.717) is 12.3 Å². The van der Waals surface area contributed by atoms with Crippen molar-refractivity contribution in [1.29, 1.82) is 0 Å². The summed E-state index contributed by atoms with van der Waals surface area (Å²) in [6, 6.07) is 7.81. The summed E-state index contributed by atoms with van der Waals surface area (Å²) < 4.78 is 54.6. The van der Waals surface area contributed by atoms with Gasteiger partial charge in [0.25, 0.3) is 0 Å². The fourth-order valence-corrected chi connectivity index (χ4v) is 4.20. The van der Waals surface area contributed by atoms with Crippen molar-refractivity contribution < 1.29 is 27.4 Å². The molecule has 0 unspecified atom stereocenters. The molecule has 196 valence electrons. The molecule has 0 radical (unpaired) electrons. The van der Waals surface area contributed by atoms with Crippen LogP contribution in [-0.4, -0.2) is 79.2 Å². The summed E-state index contributed by atoms with van der Waals surface area (Å²) in [4.78, 5) is 4.52. The molecule has 0 amide bonds. The van der Waals surface area contributed by atoms with Crippen molar-refractivity contribution in [3.8, 4) is 11.4 Å². The Hall–Kier alpha value is -2.30. The predicted molar refractivity (Wildman–Crippen MR) is 130 cm³/mol. The number of anilines is 1. The van der Waals surface area contributed by atoms with Gasteiger partial charge in [0.2, 0.25) is 0 Å². The Balaban J connectivity index is 0.00000167. The molecule has 1 aromatic carbocycles. The van der Waals surface area contributed by atoms with Crippen LogP contribution in [0.15, 0.2) is 30.3 Å². The highest BCUT2D eigenvalue weighted by Crippen LogP contribution is 2.33. The number of hydrogen-bond donors (Lipinski definition) is 0. The Morgan fingerprint density at radius 2 is 1.71 bits per heavy atom. The Bertz CT molecular complexity index is 919. The molecule has 0 aliphatic carbocycles. The number of nitrogens with zero attached hydrogens (tertiary/aromatic N) is 4. The van der Waals surface area contributed by atoms with E-state index in [2.05, 4.69) is 35.3 Å². The van der Waals surface area contributed by atoms with E-state index in [0.717, 1.165) is 57.4 Å². The average molecular weight is 499 g/mol. The van der Waals surface area contributed by atoms with Gasteiger partial charge in [-0.15, -0.1) is 13.2 Å². The van der Waals surface area contributed by atoms with Crippen LogP contribution in [0, 0.1) is 0 Å². The molecule has 1 aromatic heterocycles. The van der Waals surface area contributed by atoms with Gasteiger partial charge in [0, 0.05) is 31.4 Å². The van der Waals surface area contributed by atoms with Gasteiger partial charge in [-0.2, -0.15) is 5.10 Å². The summed E-state index contributed by atoms with van der Waals surface area (Å²) in [6.45, 7) is 16.8. The highest BCUT2D eigenvalue weighted by molar-refractivity contribution is 5.49. The number of benzene rings is 1. The maximum atomic E-state index is 12.4. The second kappa shape index (κ2) is 11.6. The molecule has 2 saturated heterocycles. The predicted octanol–water partition coefficient (Wildman–Crippen LogP) is 4.85. The van der Waals surface area contributed by atoms with Gasteiger partial charge < -0.3 is 19.1 Å². The Labute approximate surface area is 205 Å². The molecule has 35 heavy (non-hydrogen) atoms. The standard InChI is InChI=1S/C23H31F3N4O3.C2H6/c1-17(2)20-14-21(27-30(20)18-4-6-19(7-5-18)33-23(24,25)26)29-15-22(3,16-29)32-13-10-28-8-11-31-12-9-28;1-2/h4-7,14,17H,8-13,15-16H2,1-3H3;1-2H3. The lowest BCUT2D eigenvalue weighted by atomic mass is 9.96. The van der Waals surface area contributed by atoms with E-state index in [-0.39, 0.29) is 17.3 Å². The third-order valence-corrected chi connectivity index (χ3v) is 5.97. The minimum atomic E-state index is -4.71. The van der Waals surface area contributed by atoms with Crippen molar-refractivity contribution in [3.05, 3.63) is 36.0 Å². The molecule has 0 spiro atoms. The second-order valence-electron chi connectivity index (χ2n) is 9.14. The van der Waals surface area contributed by atoms with Crippen molar-refractivity contribution >= 4 is 5.82 Å². The Morgan fingerprint density at radius 1 is 1.09 bits per heavy atom. The van der Waals surface area contributed by atoms with Crippen molar-refractivity contribution in [2.24, 2.45) is 0 Å². The number of aromatic nitrogens is 2. The van der Waals surface area contributed by atoms with Crippen LogP contribution in [0.5, 0.6) is 5.75 Å². The normalized spacial score (nSPS) is 18.1. The van der Waals surface area contributed by atoms with Crippen LogP contribution in [0.25, 0.3) is 5.69 Å². The first-order chi connectivity index (χ1) is 16.6.